The Morgan fingerprint density at radius 1 is 1.08 bits per heavy atom. The van der Waals surface area contributed by atoms with Crippen LogP contribution >= 0.6 is 23.4 Å². The van der Waals surface area contributed by atoms with Gasteiger partial charge in [-0.1, -0.05) is 11.6 Å². The number of hydrogen-bond acceptors (Lipinski definition) is 4. The quantitative estimate of drug-likeness (QED) is 0.631. The summed E-state index contributed by atoms with van der Waals surface area (Å²) in [4.78, 5) is 0.0935. The molecule has 24 heavy (non-hydrogen) atoms. The molecule has 0 atom stereocenters. The minimum Gasteiger partial charge on any atom is -0.207 e. The summed E-state index contributed by atoms with van der Waals surface area (Å²) in [7, 11) is -3.84. The van der Waals surface area contributed by atoms with Crippen LogP contribution in [0.3, 0.4) is 0 Å². The standard InChI is InChI=1S/C16H12ClFN2O2S2/c1-23-16-10-15(11-2-6-13(18)7-3-11)19-20(16)24(21,22)14-8-4-12(17)5-9-14/h2-10H,1H3. The van der Waals surface area contributed by atoms with E-state index in [2.05, 4.69) is 5.10 Å². The van der Waals surface area contributed by atoms with E-state index in [0.717, 1.165) is 4.09 Å². The Balaban J connectivity index is 2.10. The Kier molecular flexibility index (Phi) is 4.67. The fourth-order valence-corrected chi connectivity index (χ4v) is 4.36. The summed E-state index contributed by atoms with van der Waals surface area (Å²) in [5, 5.41) is 5.12. The zero-order valence-electron chi connectivity index (χ0n) is 12.5. The first kappa shape index (κ1) is 17.0. The van der Waals surface area contributed by atoms with Crippen LogP contribution in [0, 0.1) is 5.82 Å². The van der Waals surface area contributed by atoms with Crippen molar-refractivity contribution < 1.29 is 12.8 Å². The third-order valence-electron chi connectivity index (χ3n) is 3.34. The van der Waals surface area contributed by atoms with Gasteiger partial charge in [0, 0.05) is 10.6 Å². The lowest BCUT2D eigenvalue weighted by Crippen LogP contribution is -2.15. The average molecular weight is 383 g/mol. The fraction of sp³-hybridized carbons (Fsp3) is 0.0625. The maximum Gasteiger partial charge on any atom is 0.283 e. The zero-order chi connectivity index (χ0) is 17.3. The summed E-state index contributed by atoms with van der Waals surface area (Å²) in [6, 6.07) is 13.3. The van der Waals surface area contributed by atoms with Crippen molar-refractivity contribution in [1.29, 1.82) is 0 Å². The maximum absolute atomic E-state index is 13.1. The normalized spacial score (nSPS) is 11.6. The van der Waals surface area contributed by atoms with Gasteiger partial charge in [-0.25, -0.2) is 4.39 Å². The molecule has 0 aliphatic rings. The van der Waals surface area contributed by atoms with Gasteiger partial charge >= 0.3 is 0 Å². The SMILES string of the molecule is CSc1cc(-c2ccc(F)cc2)nn1S(=O)(=O)c1ccc(Cl)cc1. The van der Waals surface area contributed by atoms with Crippen molar-refractivity contribution in [3.8, 4) is 11.3 Å². The van der Waals surface area contributed by atoms with Crippen LogP contribution in [0.5, 0.6) is 0 Å². The molecule has 1 aromatic heterocycles. The van der Waals surface area contributed by atoms with Crippen LogP contribution in [0.4, 0.5) is 4.39 Å². The third kappa shape index (κ3) is 3.19. The van der Waals surface area contributed by atoms with Gasteiger partial charge < -0.3 is 0 Å². The second kappa shape index (κ2) is 6.58. The highest BCUT2D eigenvalue weighted by Gasteiger charge is 2.22. The Morgan fingerprint density at radius 2 is 1.71 bits per heavy atom. The number of hydrogen-bond donors (Lipinski definition) is 0. The molecule has 4 nitrogen and oxygen atoms in total. The van der Waals surface area contributed by atoms with Crippen molar-refractivity contribution in [3.05, 3.63) is 65.4 Å². The second-order valence-corrected chi connectivity index (χ2v) is 7.91. The molecular weight excluding hydrogens is 371 g/mol. The number of rotatable bonds is 4. The van der Waals surface area contributed by atoms with Gasteiger partial charge in [0.05, 0.1) is 10.6 Å². The van der Waals surface area contributed by atoms with E-state index in [1.807, 2.05) is 0 Å². The molecule has 0 spiro atoms. The van der Waals surface area contributed by atoms with Gasteiger partial charge in [-0.3, -0.25) is 0 Å². The summed E-state index contributed by atoms with van der Waals surface area (Å²) in [5.74, 6) is -0.364. The summed E-state index contributed by atoms with van der Waals surface area (Å²) in [6.45, 7) is 0. The van der Waals surface area contributed by atoms with Crippen molar-refractivity contribution >= 4 is 33.4 Å². The van der Waals surface area contributed by atoms with E-state index in [1.165, 1.54) is 48.2 Å². The molecule has 0 radical (unpaired) electrons. The average Bonchev–Trinajstić information content (AvgIpc) is 3.01. The summed E-state index contributed by atoms with van der Waals surface area (Å²) < 4.78 is 39.7. The van der Waals surface area contributed by atoms with Crippen LogP contribution in [0.25, 0.3) is 11.3 Å². The molecule has 0 unspecified atom stereocenters. The molecule has 3 rings (SSSR count). The minimum atomic E-state index is -3.84. The molecule has 0 aliphatic carbocycles. The van der Waals surface area contributed by atoms with Gasteiger partial charge in [-0.2, -0.15) is 13.5 Å². The molecule has 0 fully saturated rings. The first-order valence-corrected chi connectivity index (χ1v) is 9.87. The lowest BCUT2D eigenvalue weighted by Gasteiger charge is -2.07. The van der Waals surface area contributed by atoms with Crippen molar-refractivity contribution in [2.45, 2.75) is 9.92 Å². The van der Waals surface area contributed by atoms with Crippen molar-refractivity contribution in [2.24, 2.45) is 0 Å². The van der Waals surface area contributed by atoms with E-state index in [4.69, 9.17) is 11.6 Å². The van der Waals surface area contributed by atoms with Crippen LogP contribution in [0.1, 0.15) is 0 Å². The van der Waals surface area contributed by atoms with Crippen molar-refractivity contribution in [1.82, 2.24) is 9.19 Å². The van der Waals surface area contributed by atoms with Gasteiger partial charge in [-0.05, 0) is 60.9 Å². The first-order chi connectivity index (χ1) is 11.4. The number of thioether (sulfide) groups is 1. The van der Waals surface area contributed by atoms with Gasteiger partial charge in [0.2, 0.25) is 0 Å². The predicted octanol–water partition coefficient (Wildman–Crippen LogP) is 4.30. The second-order valence-electron chi connectivity index (χ2n) is 4.88. The molecule has 124 valence electrons. The van der Waals surface area contributed by atoms with Gasteiger partial charge in [-0.15, -0.1) is 15.8 Å². The molecule has 3 aromatic rings. The van der Waals surface area contributed by atoms with Crippen LogP contribution in [0.15, 0.2) is 64.5 Å². The number of benzene rings is 2. The highest BCUT2D eigenvalue weighted by atomic mass is 35.5. The van der Waals surface area contributed by atoms with Crippen molar-refractivity contribution in [2.75, 3.05) is 6.26 Å². The molecule has 0 bridgehead atoms. The predicted molar refractivity (Wildman–Crippen MR) is 93.4 cm³/mol. The highest BCUT2D eigenvalue weighted by molar-refractivity contribution is 7.99. The smallest absolute Gasteiger partial charge is 0.207 e. The summed E-state index contributed by atoms with van der Waals surface area (Å²) in [6.07, 6.45) is 1.76. The highest BCUT2D eigenvalue weighted by Crippen LogP contribution is 2.28. The number of aromatic nitrogens is 2. The van der Waals surface area contributed by atoms with Crippen LogP contribution in [0.2, 0.25) is 5.02 Å². The molecule has 0 N–H and O–H groups in total. The Hall–Kier alpha value is -1.83. The van der Waals surface area contributed by atoms with E-state index >= 15 is 0 Å². The summed E-state index contributed by atoms with van der Waals surface area (Å²) >= 11 is 7.07. The maximum atomic E-state index is 13.1. The fourth-order valence-electron chi connectivity index (χ4n) is 2.13. The van der Waals surface area contributed by atoms with E-state index < -0.39 is 10.0 Å². The lowest BCUT2D eigenvalue weighted by molar-refractivity contribution is 0.574. The number of halogens is 2. The van der Waals surface area contributed by atoms with Crippen molar-refractivity contribution in [3.63, 3.8) is 0 Å². The van der Waals surface area contributed by atoms with Gasteiger partial charge in [0.15, 0.2) is 0 Å². The first-order valence-electron chi connectivity index (χ1n) is 6.83. The molecule has 0 amide bonds. The zero-order valence-corrected chi connectivity index (χ0v) is 14.9. The van der Waals surface area contributed by atoms with E-state index in [0.29, 0.717) is 21.3 Å². The minimum absolute atomic E-state index is 0.0935. The third-order valence-corrected chi connectivity index (χ3v) is 6.01. The monoisotopic (exact) mass is 382 g/mol. The topological polar surface area (TPSA) is 52.0 Å². The van der Waals surface area contributed by atoms with Gasteiger partial charge in [0.25, 0.3) is 10.0 Å². The van der Waals surface area contributed by atoms with Crippen LogP contribution in [-0.2, 0) is 10.0 Å². The van der Waals surface area contributed by atoms with Crippen LogP contribution in [-0.4, -0.2) is 23.9 Å². The molecular formula is C16H12ClFN2O2S2. The number of nitrogens with zero attached hydrogens (tertiary/aromatic N) is 2. The van der Waals surface area contributed by atoms with E-state index in [-0.39, 0.29) is 10.7 Å². The van der Waals surface area contributed by atoms with E-state index in [1.54, 1.807) is 24.5 Å². The Morgan fingerprint density at radius 3 is 2.29 bits per heavy atom. The Labute approximate surface area is 148 Å². The lowest BCUT2D eigenvalue weighted by atomic mass is 10.1. The molecule has 0 saturated heterocycles. The Bertz CT molecular complexity index is 968. The van der Waals surface area contributed by atoms with Gasteiger partial charge in [0.1, 0.15) is 10.8 Å². The molecule has 0 saturated carbocycles. The van der Waals surface area contributed by atoms with Crippen LogP contribution < -0.4 is 0 Å². The molecule has 8 heteroatoms. The summed E-state index contributed by atoms with van der Waals surface area (Å²) in [5.41, 5.74) is 1.09. The van der Waals surface area contributed by atoms with E-state index in [9.17, 15) is 12.8 Å². The molecule has 0 aliphatic heterocycles. The molecule has 1 heterocycles. The molecule has 2 aromatic carbocycles. The largest absolute Gasteiger partial charge is 0.283 e.